The van der Waals surface area contributed by atoms with Crippen molar-refractivity contribution in [3.8, 4) is 0 Å². The molecule has 2 aromatic rings. The van der Waals surface area contributed by atoms with E-state index in [2.05, 4.69) is 5.32 Å². The number of hydrogen-bond donors (Lipinski definition) is 1. The molecule has 0 aromatic heterocycles. The van der Waals surface area contributed by atoms with Crippen LogP contribution in [0.3, 0.4) is 0 Å². The van der Waals surface area contributed by atoms with Gasteiger partial charge in [0.2, 0.25) is 11.8 Å². The summed E-state index contributed by atoms with van der Waals surface area (Å²) in [5.41, 5.74) is 0.725. The molecule has 3 rings (SSSR count). The normalized spacial score (nSPS) is 17.4. The van der Waals surface area contributed by atoms with E-state index in [0.29, 0.717) is 24.3 Å². The van der Waals surface area contributed by atoms with E-state index < -0.39 is 23.5 Å². The summed E-state index contributed by atoms with van der Waals surface area (Å²) < 4.78 is 26.4. The molecule has 0 spiro atoms. The van der Waals surface area contributed by atoms with Crippen LogP contribution >= 0.6 is 0 Å². The van der Waals surface area contributed by atoms with Gasteiger partial charge in [0.1, 0.15) is 17.6 Å². The summed E-state index contributed by atoms with van der Waals surface area (Å²) in [7, 11) is 0. The van der Waals surface area contributed by atoms with Crippen LogP contribution < -0.4 is 10.2 Å². The highest BCUT2D eigenvalue weighted by Gasteiger charge is 2.37. The van der Waals surface area contributed by atoms with Crippen molar-refractivity contribution in [1.29, 1.82) is 0 Å². The molecule has 1 N–H and O–H groups in total. The first-order chi connectivity index (χ1) is 11.0. The van der Waals surface area contributed by atoms with E-state index in [4.69, 9.17) is 0 Å². The lowest BCUT2D eigenvalue weighted by Gasteiger charge is -2.16. The van der Waals surface area contributed by atoms with Gasteiger partial charge in [-0.3, -0.25) is 9.59 Å². The Morgan fingerprint density at radius 2 is 1.78 bits per heavy atom. The Balaban J connectivity index is 1.72. The second-order valence-electron chi connectivity index (χ2n) is 5.31. The third-order valence-corrected chi connectivity index (χ3v) is 3.73. The van der Waals surface area contributed by atoms with Gasteiger partial charge < -0.3 is 10.2 Å². The lowest BCUT2D eigenvalue weighted by Crippen LogP contribution is -2.33. The second kappa shape index (κ2) is 6.16. The minimum absolute atomic E-state index is 0.298. The number of benzene rings is 2. The molecule has 1 unspecified atom stereocenters. The molecule has 23 heavy (non-hydrogen) atoms. The van der Waals surface area contributed by atoms with Crippen molar-refractivity contribution < 1.29 is 18.4 Å². The van der Waals surface area contributed by atoms with Gasteiger partial charge in [-0.2, -0.15) is 0 Å². The molecule has 2 aromatic carbocycles. The number of anilines is 2. The molecule has 1 saturated heterocycles. The number of hydrogen-bond acceptors (Lipinski definition) is 2. The molecule has 0 saturated carbocycles. The quantitative estimate of drug-likeness (QED) is 0.885. The van der Waals surface area contributed by atoms with Crippen molar-refractivity contribution in [2.75, 3.05) is 16.8 Å². The highest BCUT2D eigenvalue weighted by molar-refractivity contribution is 6.13. The molecule has 118 valence electrons. The Morgan fingerprint density at radius 3 is 2.48 bits per heavy atom. The zero-order valence-electron chi connectivity index (χ0n) is 12.1. The second-order valence-corrected chi connectivity index (χ2v) is 5.31. The topological polar surface area (TPSA) is 49.4 Å². The number of nitrogens with one attached hydrogen (secondary N) is 1. The fourth-order valence-corrected chi connectivity index (χ4v) is 2.62. The van der Waals surface area contributed by atoms with Crippen molar-refractivity contribution in [3.63, 3.8) is 0 Å². The molecule has 6 heteroatoms. The van der Waals surface area contributed by atoms with Crippen LogP contribution in [0.5, 0.6) is 0 Å². The minimum atomic E-state index is -0.860. The van der Waals surface area contributed by atoms with Crippen LogP contribution in [0.4, 0.5) is 20.2 Å². The average Bonchev–Trinajstić information content (AvgIpc) is 2.89. The Kier molecular flexibility index (Phi) is 4.06. The highest BCUT2D eigenvalue weighted by atomic mass is 19.1. The van der Waals surface area contributed by atoms with Gasteiger partial charge >= 0.3 is 0 Å². The third kappa shape index (κ3) is 3.21. The SMILES string of the molecule is O=C(Nc1cccc(F)c1)C1CCN(c2cccc(F)c2)C1=O. The van der Waals surface area contributed by atoms with Crippen LogP contribution in [0.2, 0.25) is 0 Å². The van der Waals surface area contributed by atoms with Gasteiger partial charge in [-0.05, 0) is 42.8 Å². The number of amides is 2. The maximum absolute atomic E-state index is 13.3. The fourth-order valence-electron chi connectivity index (χ4n) is 2.62. The molecule has 1 aliphatic rings. The molecule has 1 aliphatic heterocycles. The summed E-state index contributed by atoms with van der Waals surface area (Å²) in [5, 5.41) is 2.54. The first kappa shape index (κ1) is 15.1. The first-order valence-corrected chi connectivity index (χ1v) is 7.18. The Bertz CT molecular complexity index is 764. The van der Waals surface area contributed by atoms with Gasteiger partial charge in [0.05, 0.1) is 0 Å². The summed E-state index contributed by atoms with van der Waals surface area (Å²) >= 11 is 0. The predicted octanol–water partition coefficient (Wildman–Crippen LogP) is 2.96. The number of carbonyl (C=O) groups excluding carboxylic acids is 2. The lowest BCUT2D eigenvalue weighted by atomic mass is 10.1. The minimum Gasteiger partial charge on any atom is -0.325 e. The molecule has 0 aliphatic carbocycles. The summed E-state index contributed by atoms with van der Waals surface area (Å²) in [5.74, 6) is -2.64. The molecule has 1 fully saturated rings. The molecule has 4 nitrogen and oxygen atoms in total. The number of nitrogens with zero attached hydrogens (tertiary/aromatic N) is 1. The van der Waals surface area contributed by atoms with Crippen LogP contribution in [0, 0.1) is 17.6 Å². The molecular formula is C17H14F2N2O2. The molecular weight excluding hydrogens is 302 g/mol. The van der Waals surface area contributed by atoms with Crippen LogP contribution in [-0.2, 0) is 9.59 Å². The van der Waals surface area contributed by atoms with Crippen molar-refractivity contribution >= 4 is 23.2 Å². The van der Waals surface area contributed by atoms with Gasteiger partial charge in [0.25, 0.3) is 0 Å². The largest absolute Gasteiger partial charge is 0.325 e. The molecule has 0 bridgehead atoms. The summed E-state index contributed by atoms with van der Waals surface area (Å²) in [6, 6.07) is 11.1. The summed E-state index contributed by atoms with van der Waals surface area (Å²) in [4.78, 5) is 26.0. The van der Waals surface area contributed by atoms with E-state index in [-0.39, 0.29) is 5.91 Å². The number of rotatable bonds is 3. The predicted molar refractivity (Wildman–Crippen MR) is 81.9 cm³/mol. The van der Waals surface area contributed by atoms with Crippen LogP contribution in [0.15, 0.2) is 48.5 Å². The maximum Gasteiger partial charge on any atom is 0.239 e. The Labute approximate surface area is 131 Å². The van der Waals surface area contributed by atoms with E-state index in [1.807, 2.05) is 0 Å². The van der Waals surface area contributed by atoms with Gasteiger partial charge in [0.15, 0.2) is 0 Å². The lowest BCUT2D eigenvalue weighted by molar-refractivity contribution is -0.129. The van der Waals surface area contributed by atoms with Gasteiger partial charge in [-0.1, -0.05) is 12.1 Å². The molecule has 2 amide bonds. The van der Waals surface area contributed by atoms with Crippen LogP contribution in [0.25, 0.3) is 0 Å². The monoisotopic (exact) mass is 316 g/mol. The molecule has 0 radical (unpaired) electrons. The van der Waals surface area contributed by atoms with Crippen LogP contribution in [-0.4, -0.2) is 18.4 Å². The van der Waals surface area contributed by atoms with Gasteiger partial charge in [0, 0.05) is 17.9 Å². The maximum atomic E-state index is 13.3. The van der Waals surface area contributed by atoms with E-state index in [9.17, 15) is 18.4 Å². The van der Waals surface area contributed by atoms with E-state index in [1.165, 1.54) is 41.3 Å². The Morgan fingerprint density at radius 1 is 1.09 bits per heavy atom. The smallest absolute Gasteiger partial charge is 0.239 e. The van der Waals surface area contributed by atoms with Crippen molar-refractivity contribution in [1.82, 2.24) is 0 Å². The summed E-state index contributed by atoms with van der Waals surface area (Å²) in [6.45, 7) is 0.337. The van der Waals surface area contributed by atoms with E-state index in [1.54, 1.807) is 12.1 Å². The molecule has 1 heterocycles. The van der Waals surface area contributed by atoms with E-state index >= 15 is 0 Å². The average molecular weight is 316 g/mol. The standard InChI is InChI=1S/C17H14F2N2O2/c18-11-3-1-5-13(9-11)20-16(22)15-7-8-21(17(15)23)14-6-2-4-12(19)10-14/h1-6,9-10,15H,7-8H2,(H,20,22). The van der Waals surface area contributed by atoms with E-state index in [0.717, 1.165) is 0 Å². The summed E-state index contributed by atoms with van der Waals surface area (Å²) in [6.07, 6.45) is 0.330. The zero-order chi connectivity index (χ0) is 16.4. The molecule has 1 atom stereocenters. The van der Waals surface area contributed by atoms with Gasteiger partial charge in [-0.15, -0.1) is 0 Å². The first-order valence-electron chi connectivity index (χ1n) is 7.18. The van der Waals surface area contributed by atoms with Gasteiger partial charge in [-0.25, -0.2) is 8.78 Å². The van der Waals surface area contributed by atoms with Crippen molar-refractivity contribution in [3.05, 3.63) is 60.2 Å². The third-order valence-electron chi connectivity index (χ3n) is 3.73. The fraction of sp³-hybridized carbons (Fsp3) is 0.176. The Hall–Kier alpha value is -2.76. The zero-order valence-corrected chi connectivity index (χ0v) is 12.1. The van der Waals surface area contributed by atoms with Crippen LogP contribution in [0.1, 0.15) is 6.42 Å². The number of carbonyl (C=O) groups is 2. The van der Waals surface area contributed by atoms with Crippen molar-refractivity contribution in [2.45, 2.75) is 6.42 Å². The van der Waals surface area contributed by atoms with Crippen molar-refractivity contribution in [2.24, 2.45) is 5.92 Å². The highest BCUT2D eigenvalue weighted by Crippen LogP contribution is 2.26. The number of halogens is 2.